The average molecular weight is 539 g/mol. The van der Waals surface area contributed by atoms with E-state index in [2.05, 4.69) is 6.92 Å². The van der Waals surface area contributed by atoms with Crippen LogP contribution in [0.15, 0.2) is 60.0 Å². The predicted octanol–water partition coefficient (Wildman–Crippen LogP) is 5.08. The van der Waals surface area contributed by atoms with Crippen LogP contribution in [0.3, 0.4) is 0 Å². The molecule has 0 fully saturated rings. The van der Waals surface area contributed by atoms with Crippen molar-refractivity contribution in [1.82, 2.24) is 9.80 Å². The second-order valence-electron chi connectivity index (χ2n) is 8.96. The summed E-state index contributed by atoms with van der Waals surface area (Å²) in [6.45, 7) is 4.06. The Morgan fingerprint density at radius 3 is 2.24 bits per heavy atom. The van der Waals surface area contributed by atoms with Crippen LogP contribution in [-0.2, 0) is 28.9 Å². The van der Waals surface area contributed by atoms with E-state index in [0.717, 1.165) is 16.9 Å². The maximum atomic E-state index is 13.7. The van der Waals surface area contributed by atoms with Crippen LogP contribution in [0, 0.1) is 0 Å². The minimum Gasteiger partial charge on any atom is -0.493 e. The number of ether oxygens (including phenoxy) is 3. The van der Waals surface area contributed by atoms with Crippen LogP contribution in [0.5, 0.6) is 11.5 Å². The number of benzene rings is 2. The molecule has 0 saturated heterocycles. The van der Waals surface area contributed by atoms with Gasteiger partial charge in [0.15, 0.2) is 11.5 Å². The number of hydrogen-bond acceptors (Lipinski definition) is 6. The van der Waals surface area contributed by atoms with Crippen LogP contribution in [-0.4, -0.2) is 69.2 Å². The summed E-state index contributed by atoms with van der Waals surface area (Å²) in [5.74, 6) is 1.09. The standard InChI is InChI=1S/C30H38N2O5S/c1-5-23-9-12-25(13-10-23)30(34)32(16-7-18-35-2)22-29(33)31(21-26-8-6-19-38-26)17-15-24-11-14-27(36-3)28(20-24)37-4/h6,8-14,19-20H,5,7,15-18,21-22H2,1-4H3. The van der Waals surface area contributed by atoms with Crippen molar-refractivity contribution in [2.45, 2.75) is 32.7 Å². The first-order valence-corrected chi connectivity index (χ1v) is 13.7. The molecule has 0 aliphatic rings. The van der Waals surface area contributed by atoms with Gasteiger partial charge in [-0.15, -0.1) is 11.3 Å². The van der Waals surface area contributed by atoms with Gasteiger partial charge in [-0.25, -0.2) is 0 Å². The molecule has 8 heteroatoms. The maximum absolute atomic E-state index is 13.7. The molecule has 1 aromatic heterocycles. The first kappa shape index (κ1) is 29.2. The molecule has 204 valence electrons. The lowest BCUT2D eigenvalue weighted by Gasteiger charge is -2.28. The van der Waals surface area contributed by atoms with Crippen molar-refractivity contribution < 1.29 is 23.8 Å². The van der Waals surface area contributed by atoms with Crippen molar-refractivity contribution >= 4 is 23.2 Å². The molecule has 0 atom stereocenters. The molecule has 2 amide bonds. The Balaban J connectivity index is 1.77. The topological polar surface area (TPSA) is 68.3 Å². The molecular weight excluding hydrogens is 500 g/mol. The molecule has 7 nitrogen and oxygen atoms in total. The van der Waals surface area contributed by atoms with Crippen molar-refractivity contribution in [3.05, 3.63) is 81.5 Å². The zero-order chi connectivity index (χ0) is 27.3. The highest BCUT2D eigenvalue weighted by atomic mass is 32.1. The normalized spacial score (nSPS) is 10.7. The van der Waals surface area contributed by atoms with E-state index >= 15 is 0 Å². The molecular formula is C30H38N2O5S. The second kappa shape index (κ2) is 15.1. The highest BCUT2D eigenvalue weighted by molar-refractivity contribution is 7.09. The Kier molecular flexibility index (Phi) is 11.6. The molecule has 0 N–H and O–H groups in total. The Morgan fingerprint density at radius 1 is 0.868 bits per heavy atom. The third kappa shape index (κ3) is 8.33. The lowest BCUT2D eigenvalue weighted by Crippen LogP contribution is -2.43. The lowest BCUT2D eigenvalue weighted by atomic mass is 10.1. The number of carbonyl (C=O) groups is 2. The Hall–Kier alpha value is -3.36. The smallest absolute Gasteiger partial charge is 0.254 e. The SMILES string of the molecule is CCc1ccc(C(=O)N(CCCOC)CC(=O)N(CCc2ccc(OC)c(OC)c2)Cc2cccs2)cc1. The minimum absolute atomic E-state index is 0.00931. The number of rotatable bonds is 15. The molecule has 0 spiro atoms. The zero-order valence-electron chi connectivity index (χ0n) is 22.8. The first-order valence-electron chi connectivity index (χ1n) is 12.9. The van der Waals surface area contributed by atoms with Crippen molar-refractivity contribution in [2.24, 2.45) is 0 Å². The second-order valence-corrected chi connectivity index (χ2v) is 9.99. The fraction of sp³-hybridized carbons (Fsp3) is 0.400. The van der Waals surface area contributed by atoms with E-state index in [9.17, 15) is 9.59 Å². The number of methoxy groups -OCH3 is 3. The summed E-state index contributed by atoms with van der Waals surface area (Å²) >= 11 is 1.62. The van der Waals surface area contributed by atoms with E-state index in [1.807, 2.05) is 64.9 Å². The van der Waals surface area contributed by atoms with E-state index in [-0.39, 0.29) is 18.4 Å². The highest BCUT2D eigenvalue weighted by Gasteiger charge is 2.23. The number of carbonyl (C=O) groups excluding carboxylic acids is 2. The van der Waals surface area contributed by atoms with Gasteiger partial charge in [0.2, 0.25) is 5.91 Å². The van der Waals surface area contributed by atoms with E-state index in [4.69, 9.17) is 14.2 Å². The molecule has 38 heavy (non-hydrogen) atoms. The molecule has 0 aliphatic carbocycles. The number of aryl methyl sites for hydroxylation is 1. The zero-order valence-corrected chi connectivity index (χ0v) is 23.6. The van der Waals surface area contributed by atoms with Crippen LogP contribution >= 0.6 is 11.3 Å². The number of thiophene rings is 1. The van der Waals surface area contributed by atoms with E-state index < -0.39 is 0 Å². The van der Waals surface area contributed by atoms with Gasteiger partial charge in [-0.05, 0) is 66.1 Å². The fourth-order valence-corrected chi connectivity index (χ4v) is 4.88. The van der Waals surface area contributed by atoms with Crippen molar-refractivity contribution in [2.75, 3.05) is 47.6 Å². The van der Waals surface area contributed by atoms with Crippen LogP contribution in [0.25, 0.3) is 0 Å². The number of hydrogen-bond donors (Lipinski definition) is 0. The molecule has 0 unspecified atom stereocenters. The molecule has 3 aromatic rings. The van der Waals surface area contributed by atoms with Gasteiger partial charge in [-0.3, -0.25) is 9.59 Å². The van der Waals surface area contributed by atoms with Gasteiger partial charge in [0.1, 0.15) is 6.54 Å². The van der Waals surface area contributed by atoms with E-state index in [0.29, 0.717) is 56.1 Å². The quantitative estimate of drug-likeness (QED) is 0.253. The van der Waals surface area contributed by atoms with Gasteiger partial charge in [0.05, 0.1) is 20.8 Å². The molecule has 0 aliphatic heterocycles. The van der Waals surface area contributed by atoms with Gasteiger partial charge in [-0.2, -0.15) is 0 Å². The monoisotopic (exact) mass is 538 g/mol. The molecule has 0 bridgehead atoms. The highest BCUT2D eigenvalue weighted by Crippen LogP contribution is 2.28. The number of amides is 2. The van der Waals surface area contributed by atoms with Gasteiger partial charge in [0, 0.05) is 37.2 Å². The number of nitrogens with zero attached hydrogens (tertiary/aromatic N) is 2. The fourth-order valence-electron chi connectivity index (χ4n) is 4.16. The Morgan fingerprint density at radius 2 is 1.61 bits per heavy atom. The third-order valence-corrected chi connectivity index (χ3v) is 7.26. The Bertz CT molecular complexity index is 1150. The summed E-state index contributed by atoms with van der Waals surface area (Å²) in [4.78, 5) is 31.6. The minimum atomic E-state index is -0.145. The molecule has 1 heterocycles. The predicted molar refractivity (Wildman–Crippen MR) is 151 cm³/mol. The van der Waals surface area contributed by atoms with Gasteiger partial charge >= 0.3 is 0 Å². The van der Waals surface area contributed by atoms with Crippen LogP contribution in [0.4, 0.5) is 0 Å². The van der Waals surface area contributed by atoms with Crippen LogP contribution in [0.2, 0.25) is 0 Å². The first-order chi connectivity index (χ1) is 18.5. The van der Waals surface area contributed by atoms with Crippen molar-refractivity contribution in [3.63, 3.8) is 0 Å². The van der Waals surface area contributed by atoms with E-state index in [1.54, 1.807) is 37.6 Å². The Labute approximate surface area is 229 Å². The largest absolute Gasteiger partial charge is 0.493 e. The molecule has 3 rings (SSSR count). The maximum Gasteiger partial charge on any atom is 0.254 e. The summed E-state index contributed by atoms with van der Waals surface area (Å²) in [7, 11) is 4.85. The van der Waals surface area contributed by atoms with E-state index in [1.165, 1.54) is 5.56 Å². The summed E-state index contributed by atoms with van der Waals surface area (Å²) < 4.78 is 16.0. The molecule has 2 aromatic carbocycles. The van der Waals surface area contributed by atoms with Crippen LogP contribution in [0.1, 0.15) is 39.7 Å². The molecule has 0 saturated carbocycles. The third-order valence-electron chi connectivity index (χ3n) is 6.40. The summed E-state index contributed by atoms with van der Waals surface area (Å²) in [5.41, 5.74) is 2.79. The average Bonchev–Trinajstić information content (AvgIpc) is 3.47. The molecule has 0 radical (unpaired) electrons. The summed E-state index contributed by atoms with van der Waals surface area (Å²) in [6, 6.07) is 17.4. The van der Waals surface area contributed by atoms with Crippen molar-refractivity contribution in [3.8, 4) is 11.5 Å². The summed E-state index contributed by atoms with van der Waals surface area (Å²) in [6.07, 6.45) is 2.20. The van der Waals surface area contributed by atoms with Gasteiger partial charge in [0.25, 0.3) is 5.91 Å². The lowest BCUT2D eigenvalue weighted by molar-refractivity contribution is -0.132. The van der Waals surface area contributed by atoms with Crippen LogP contribution < -0.4 is 9.47 Å². The van der Waals surface area contributed by atoms with Gasteiger partial charge < -0.3 is 24.0 Å². The van der Waals surface area contributed by atoms with Gasteiger partial charge in [-0.1, -0.05) is 31.2 Å². The summed E-state index contributed by atoms with van der Waals surface area (Å²) in [5, 5.41) is 2.01. The van der Waals surface area contributed by atoms with Crippen molar-refractivity contribution in [1.29, 1.82) is 0 Å².